The molecule has 1 N–H and O–H groups in total. The summed E-state index contributed by atoms with van der Waals surface area (Å²) in [6.07, 6.45) is 4.02. The summed E-state index contributed by atoms with van der Waals surface area (Å²) in [6, 6.07) is 0.777. The summed E-state index contributed by atoms with van der Waals surface area (Å²) in [4.78, 5) is 0. The first-order valence-electron chi connectivity index (χ1n) is 5.34. The predicted molar refractivity (Wildman–Crippen MR) is 57.3 cm³/mol. The first-order chi connectivity index (χ1) is 6.45. The van der Waals surface area contributed by atoms with Gasteiger partial charge < -0.3 is 10.1 Å². The van der Waals surface area contributed by atoms with Crippen LogP contribution in [0.15, 0.2) is 0 Å². The zero-order chi connectivity index (χ0) is 8.93. The van der Waals surface area contributed by atoms with Gasteiger partial charge in [-0.15, -0.1) is 0 Å². The van der Waals surface area contributed by atoms with Gasteiger partial charge in [-0.2, -0.15) is 11.8 Å². The van der Waals surface area contributed by atoms with E-state index in [0.717, 1.165) is 25.2 Å². The molecule has 13 heavy (non-hydrogen) atoms. The molecule has 2 aliphatic heterocycles. The van der Waals surface area contributed by atoms with E-state index in [2.05, 4.69) is 17.1 Å². The second kappa shape index (κ2) is 5.23. The van der Waals surface area contributed by atoms with Crippen molar-refractivity contribution in [3.05, 3.63) is 0 Å². The van der Waals surface area contributed by atoms with E-state index in [1.54, 1.807) is 0 Å². The summed E-state index contributed by atoms with van der Waals surface area (Å²) in [6.45, 7) is 3.13. The first kappa shape index (κ1) is 9.81. The molecule has 0 bridgehead atoms. The van der Waals surface area contributed by atoms with E-state index in [9.17, 15) is 0 Å². The van der Waals surface area contributed by atoms with Crippen LogP contribution in [0.25, 0.3) is 0 Å². The molecule has 2 saturated heterocycles. The van der Waals surface area contributed by atoms with Crippen LogP contribution < -0.4 is 5.32 Å². The Balaban J connectivity index is 1.60. The van der Waals surface area contributed by atoms with Crippen LogP contribution in [-0.2, 0) is 4.74 Å². The van der Waals surface area contributed by atoms with Gasteiger partial charge in [-0.25, -0.2) is 0 Å². The first-order valence-corrected chi connectivity index (χ1v) is 6.49. The number of hydrogen-bond donors (Lipinski definition) is 1. The Morgan fingerprint density at radius 3 is 3.08 bits per heavy atom. The smallest absolute Gasteiger partial charge is 0.0507 e. The number of thioether (sulfide) groups is 1. The van der Waals surface area contributed by atoms with Crippen LogP contribution in [0.5, 0.6) is 0 Å². The van der Waals surface area contributed by atoms with E-state index in [1.807, 2.05) is 0 Å². The summed E-state index contributed by atoms with van der Waals surface area (Å²) in [5.41, 5.74) is 0. The molecule has 3 heteroatoms. The third-order valence-electron chi connectivity index (χ3n) is 2.88. The highest BCUT2D eigenvalue weighted by Gasteiger charge is 2.18. The molecule has 2 heterocycles. The van der Waals surface area contributed by atoms with Crippen LogP contribution in [-0.4, -0.2) is 37.3 Å². The SMILES string of the molecule is C1CSCC(NCC2CCOC2)C1. The van der Waals surface area contributed by atoms with Crippen LogP contribution in [0, 0.1) is 5.92 Å². The van der Waals surface area contributed by atoms with Crippen molar-refractivity contribution in [3.63, 3.8) is 0 Å². The van der Waals surface area contributed by atoms with Gasteiger partial charge in [-0.1, -0.05) is 0 Å². The fraction of sp³-hybridized carbons (Fsp3) is 1.00. The maximum absolute atomic E-state index is 5.35. The minimum absolute atomic E-state index is 0.777. The molecule has 0 aromatic heterocycles. The van der Waals surface area contributed by atoms with Crippen molar-refractivity contribution in [1.82, 2.24) is 5.32 Å². The van der Waals surface area contributed by atoms with Crippen LogP contribution in [0.4, 0.5) is 0 Å². The lowest BCUT2D eigenvalue weighted by Crippen LogP contribution is -2.37. The van der Waals surface area contributed by atoms with Gasteiger partial charge in [0, 0.05) is 24.9 Å². The fourth-order valence-electron chi connectivity index (χ4n) is 1.98. The van der Waals surface area contributed by atoms with Crippen molar-refractivity contribution < 1.29 is 4.74 Å². The predicted octanol–water partition coefficient (Wildman–Crippen LogP) is 1.51. The van der Waals surface area contributed by atoms with Crippen LogP contribution in [0.1, 0.15) is 19.3 Å². The molecule has 2 fully saturated rings. The molecule has 2 rings (SSSR count). The molecular weight excluding hydrogens is 182 g/mol. The van der Waals surface area contributed by atoms with Crippen molar-refractivity contribution in [3.8, 4) is 0 Å². The Morgan fingerprint density at radius 2 is 2.38 bits per heavy atom. The van der Waals surface area contributed by atoms with Crippen molar-refractivity contribution >= 4 is 11.8 Å². The maximum atomic E-state index is 5.35. The van der Waals surface area contributed by atoms with Gasteiger partial charge in [0.25, 0.3) is 0 Å². The Bertz CT molecular complexity index is 142. The van der Waals surface area contributed by atoms with E-state index in [0.29, 0.717) is 0 Å². The van der Waals surface area contributed by atoms with Gasteiger partial charge >= 0.3 is 0 Å². The van der Waals surface area contributed by atoms with Gasteiger partial charge in [-0.3, -0.25) is 0 Å². The third kappa shape index (κ3) is 3.15. The minimum atomic E-state index is 0.777. The molecule has 0 radical (unpaired) electrons. The summed E-state index contributed by atoms with van der Waals surface area (Å²) >= 11 is 2.09. The lowest BCUT2D eigenvalue weighted by atomic mass is 10.1. The van der Waals surface area contributed by atoms with Crippen LogP contribution >= 0.6 is 11.8 Å². The highest BCUT2D eigenvalue weighted by atomic mass is 32.2. The molecule has 2 nitrogen and oxygen atoms in total. The molecule has 0 aromatic carbocycles. The summed E-state index contributed by atoms with van der Waals surface area (Å²) in [5.74, 6) is 3.46. The number of hydrogen-bond acceptors (Lipinski definition) is 3. The molecule has 0 saturated carbocycles. The van der Waals surface area contributed by atoms with E-state index in [4.69, 9.17) is 4.74 Å². The molecule has 2 atom stereocenters. The topological polar surface area (TPSA) is 21.3 Å². The lowest BCUT2D eigenvalue weighted by molar-refractivity contribution is 0.184. The fourth-order valence-corrected chi connectivity index (χ4v) is 3.09. The van der Waals surface area contributed by atoms with Crippen molar-refractivity contribution in [2.24, 2.45) is 5.92 Å². The molecular formula is C10H19NOS. The Kier molecular flexibility index (Phi) is 3.94. The number of ether oxygens (including phenoxy) is 1. The Morgan fingerprint density at radius 1 is 1.38 bits per heavy atom. The van der Waals surface area contributed by atoms with Gasteiger partial charge in [-0.05, 0) is 30.9 Å². The molecule has 0 amide bonds. The van der Waals surface area contributed by atoms with E-state index < -0.39 is 0 Å². The van der Waals surface area contributed by atoms with Gasteiger partial charge in [0.2, 0.25) is 0 Å². The second-order valence-corrected chi connectivity index (χ2v) is 5.20. The van der Waals surface area contributed by atoms with Crippen molar-refractivity contribution in [1.29, 1.82) is 0 Å². The molecule has 76 valence electrons. The molecule has 2 aliphatic rings. The summed E-state index contributed by atoms with van der Waals surface area (Å²) < 4.78 is 5.35. The summed E-state index contributed by atoms with van der Waals surface area (Å²) in [7, 11) is 0. The van der Waals surface area contributed by atoms with E-state index >= 15 is 0 Å². The highest BCUT2D eigenvalue weighted by Crippen LogP contribution is 2.18. The normalized spacial score (nSPS) is 35.1. The van der Waals surface area contributed by atoms with Crippen LogP contribution in [0.3, 0.4) is 0 Å². The van der Waals surface area contributed by atoms with E-state index in [1.165, 1.54) is 37.3 Å². The minimum Gasteiger partial charge on any atom is -0.381 e. The van der Waals surface area contributed by atoms with Crippen LogP contribution in [0.2, 0.25) is 0 Å². The Hall–Kier alpha value is 0.270. The average molecular weight is 201 g/mol. The third-order valence-corrected chi connectivity index (χ3v) is 4.09. The Labute approximate surface area is 84.8 Å². The highest BCUT2D eigenvalue weighted by molar-refractivity contribution is 7.99. The van der Waals surface area contributed by atoms with Gasteiger partial charge in [0.1, 0.15) is 0 Å². The maximum Gasteiger partial charge on any atom is 0.0507 e. The summed E-state index contributed by atoms with van der Waals surface area (Å²) in [5, 5.41) is 3.66. The average Bonchev–Trinajstić information content (AvgIpc) is 2.69. The quantitative estimate of drug-likeness (QED) is 0.748. The van der Waals surface area contributed by atoms with Gasteiger partial charge in [0.05, 0.1) is 6.61 Å². The monoisotopic (exact) mass is 201 g/mol. The van der Waals surface area contributed by atoms with E-state index in [-0.39, 0.29) is 0 Å². The standard InChI is InChI=1S/C10H19NOS/c1-2-10(8-13-5-1)11-6-9-3-4-12-7-9/h9-11H,1-8H2. The van der Waals surface area contributed by atoms with Crippen molar-refractivity contribution in [2.45, 2.75) is 25.3 Å². The molecule has 2 unspecified atom stereocenters. The van der Waals surface area contributed by atoms with Crippen molar-refractivity contribution in [2.75, 3.05) is 31.3 Å². The second-order valence-electron chi connectivity index (χ2n) is 4.05. The number of rotatable bonds is 3. The zero-order valence-corrected chi connectivity index (χ0v) is 8.94. The lowest BCUT2D eigenvalue weighted by Gasteiger charge is -2.23. The largest absolute Gasteiger partial charge is 0.381 e. The molecule has 0 aromatic rings. The van der Waals surface area contributed by atoms with Gasteiger partial charge in [0.15, 0.2) is 0 Å². The molecule has 0 aliphatic carbocycles. The molecule has 0 spiro atoms. The zero-order valence-electron chi connectivity index (χ0n) is 8.13. The number of nitrogens with one attached hydrogen (secondary N) is 1.